The summed E-state index contributed by atoms with van der Waals surface area (Å²) in [6, 6.07) is 10.2. The second-order valence-corrected chi connectivity index (χ2v) is 7.50. The Labute approximate surface area is 154 Å². The Balaban J connectivity index is 1.60. The number of rotatable bonds is 5. The zero-order chi connectivity index (χ0) is 17.5. The predicted octanol–water partition coefficient (Wildman–Crippen LogP) is 4.80. The van der Waals surface area contributed by atoms with E-state index in [4.69, 9.17) is 0 Å². The number of hydrogen-bond acceptors (Lipinski definition) is 3. The van der Waals surface area contributed by atoms with E-state index in [1.54, 1.807) is 11.3 Å². The summed E-state index contributed by atoms with van der Waals surface area (Å²) >= 11 is 1.72. The Morgan fingerprint density at radius 1 is 1.12 bits per heavy atom. The third kappa shape index (κ3) is 5.31. The summed E-state index contributed by atoms with van der Waals surface area (Å²) in [7, 11) is 0. The highest BCUT2D eigenvalue weighted by molar-refractivity contribution is 7.07. The lowest BCUT2D eigenvalue weighted by atomic mass is 10.1. The molecule has 2 N–H and O–H groups in total. The van der Waals surface area contributed by atoms with Gasteiger partial charge in [0.25, 0.3) is 0 Å². The first kappa shape index (κ1) is 18.0. The molecule has 2 heterocycles. The maximum absolute atomic E-state index is 12.3. The monoisotopic (exact) mass is 357 g/mol. The molecule has 1 aliphatic rings. The fourth-order valence-corrected chi connectivity index (χ4v) is 4.04. The fourth-order valence-electron chi connectivity index (χ4n) is 3.33. The standard InChI is InChI=1S/C20H27N3OS/c1-16-6-8-18(9-7-16)22-20(24)21-14-19(17-10-13-25-15-17)23-11-4-2-3-5-12-23/h6-10,13,15,19H,2-5,11-12,14H2,1H3,(H2,21,22,24). The number of aryl methyl sites for hydroxylation is 1. The molecule has 1 atom stereocenters. The molecule has 134 valence electrons. The lowest BCUT2D eigenvalue weighted by Gasteiger charge is -2.30. The Morgan fingerprint density at radius 2 is 1.84 bits per heavy atom. The zero-order valence-corrected chi connectivity index (χ0v) is 15.6. The topological polar surface area (TPSA) is 44.4 Å². The summed E-state index contributed by atoms with van der Waals surface area (Å²) in [6.07, 6.45) is 5.12. The van der Waals surface area contributed by atoms with Gasteiger partial charge >= 0.3 is 6.03 Å². The van der Waals surface area contributed by atoms with Gasteiger partial charge in [0.15, 0.2) is 0 Å². The van der Waals surface area contributed by atoms with Crippen LogP contribution in [0.3, 0.4) is 0 Å². The van der Waals surface area contributed by atoms with Crippen LogP contribution in [-0.2, 0) is 0 Å². The second-order valence-electron chi connectivity index (χ2n) is 6.72. The predicted molar refractivity (Wildman–Crippen MR) is 105 cm³/mol. The molecule has 0 bridgehead atoms. The lowest BCUT2D eigenvalue weighted by Crippen LogP contribution is -2.40. The zero-order valence-electron chi connectivity index (χ0n) is 14.8. The Morgan fingerprint density at radius 3 is 2.48 bits per heavy atom. The third-order valence-electron chi connectivity index (χ3n) is 4.77. The van der Waals surface area contributed by atoms with E-state index in [2.05, 4.69) is 32.4 Å². The number of nitrogens with one attached hydrogen (secondary N) is 2. The van der Waals surface area contributed by atoms with Crippen LogP contribution in [0.1, 0.15) is 42.9 Å². The third-order valence-corrected chi connectivity index (χ3v) is 5.48. The summed E-state index contributed by atoms with van der Waals surface area (Å²) in [5.41, 5.74) is 3.32. The van der Waals surface area contributed by atoms with Gasteiger partial charge < -0.3 is 10.6 Å². The summed E-state index contributed by atoms with van der Waals surface area (Å²) in [5, 5.41) is 10.3. The number of carbonyl (C=O) groups excluding carboxylic acids is 1. The molecular formula is C20H27N3OS. The number of likely N-dealkylation sites (tertiary alicyclic amines) is 1. The number of nitrogens with zero attached hydrogens (tertiary/aromatic N) is 1. The SMILES string of the molecule is Cc1ccc(NC(=O)NCC(c2ccsc2)N2CCCCCC2)cc1. The van der Waals surface area contributed by atoms with Crippen LogP contribution in [0.2, 0.25) is 0 Å². The van der Waals surface area contributed by atoms with Crippen LogP contribution in [0.15, 0.2) is 41.1 Å². The summed E-state index contributed by atoms with van der Waals surface area (Å²) in [6.45, 7) is 4.90. The van der Waals surface area contributed by atoms with Crippen molar-refractivity contribution >= 4 is 23.1 Å². The van der Waals surface area contributed by atoms with Crippen molar-refractivity contribution in [3.8, 4) is 0 Å². The fraction of sp³-hybridized carbons (Fsp3) is 0.450. The van der Waals surface area contributed by atoms with Crippen LogP contribution < -0.4 is 10.6 Å². The molecule has 0 saturated carbocycles. The normalized spacial score (nSPS) is 16.8. The number of amides is 2. The molecule has 1 unspecified atom stereocenters. The molecule has 2 amide bonds. The number of anilines is 1. The molecule has 2 aromatic rings. The maximum Gasteiger partial charge on any atom is 0.319 e. The summed E-state index contributed by atoms with van der Waals surface area (Å²) in [4.78, 5) is 14.8. The van der Waals surface area contributed by atoms with Gasteiger partial charge in [-0.15, -0.1) is 0 Å². The van der Waals surface area contributed by atoms with Crippen molar-refractivity contribution in [3.63, 3.8) is 0 Å². The molecule has 1 aromatic carbocycles. The maximum atomic E-state index is 12.3. The van der Waals surface area contributed by atoms with Crippen LogP contribution >= 0.6 is 11.3 Å². The number of benzene rings is 1. The lowest BCUT2D eigenvalue weighted by molar-refractivity contribution is 0.199. The molecule has 25 heavy (non-hydrogen) atoms. The van der Waals surface area contributed by atoms with E-state index in [1.807, 2.05) is 31.2 Å². The molecule has 0 spiro atoms. The van der Waals surface area contributed by atoms with Gasteiger partial charge in [0, 0.05) is 12.2 Å². The number of carbonyl (C=O) groups is 1. The first-order valence-corrected chi connectivity index (χ1v) is 10.0. The van der Waals surface area contributed by atoms with Crippen LogP contribution in [0, 0.1) is 6.92 Å². The minimum absolute atomic E-state index is 0.140. The molecule has 1 fully saturated rings. The highest BCUT2D eigenvalue weighted by Gasteiger charge is 2.22. The molecule has 1 aliphatic heterocycles. The first-order chi connectivity index (χ1) is 12.2. The molecule has 0 radical (unpaired) electrons. The van der Waals surface area contributed by atoms with E-state index in [1.165, 1.54) is 36.8 Å². The number of hydrogen-bond donors (Lipinski definition) is 2. The van der Waals surface area contributed by atoms with Gasteiger partial charge in [-0.25, -0.2) is 4.79 Å². The summed E-state index contributed by atoms with van der Waals surface area (Å²) in [5.74, 6) is 0. The molecule has 0 aliphatic carbocycles. The number of thiophene rings is 1. The van der Waals surface area contributed by atoms with E-state index < -0.39 is 0 Å². The molecular weight excluding hydrogens is 330 g/mol. The Hall–Kier alpha value is -1.85. The van der Waals surface area contributed by atoms with E-state index in [9.17, 15) is 4.79 Å². The van der Waals surface area contributed by atoms with Crippen molar-refractivity contribution < 1.29 is 4.79 Å². The van der Waals surface area contributed by atoms with Crippen molar-refractivity contribution in [1.82, 2.24) is 10.2 Å². The van der Waals surface area contributed by atoms with Crippen LogP contribution in [-0.4, -0.2) is 30.6 Å². The van der Waals surface area contributed by atoms with Crippen LogP contribution in [0.4, 0.5) is 10.5 Å². The van der Waals surface area contributed by atoms with Gasteiger partial charge in [-0.05, 0) is 67.4 Å². The minimum atomic E-state index is -0.140. The molecule has 3 rings (SSSR count). The van der Waals surface area contributed by atoms with E-state index >= 15 is 0 Å². The summed E-state index contributed by atoms with van der Waals surface area (Å²) < 4.78 is 0. The molecule has 1 aromatic heterocycles. The van der Waals surface area contributed by atoms with Gasteiger partial charge in [-0.2, -0.15) is 11.3 Å². The largest absolute Gasteiger partial charge is 0.336 e. The van der Waals surface area contributed by atoms with Gasteiger partial charge in [0.1, 0.15) is 0 Å². The smallest absolute Gasteiger partial charge is 0.319 e. The van der Waals surface area contributed by atoms with Crippen molar-refractivity contribution in [2.75, 3.05) is 25.0 Å². The van der Waals surface area contributed by atoms with Gasteiger partial charge in [0.2, 0.25) is 0 Å². The average molecular weight is 358 g/mol. The number of urea groups is 1. The Kier molecular flexibility index (Phi) is 6.48. The molecule has 5 heteroatoms. The average Bonchev–Trinajstić information content (AvgIpc) is 3.00. The van der Waals surface area contributed by atoms with E-state index in [0.29, 0.717) is 6.54 Å². The molecule has 1 saturated heterocycles. The molecule has 4 nitrogen and oxygen atoms in total. The van der Waals surface area contributed by atoms with Crippen molar-refractivity contribution in [3.05, 3.63) is 52.2 Å². The van der Waals surface area contributed by atoms with Crippen molar-refractivity contribution in [2.45, 2.75) is 38.6 Å². The van der Waals surface area contributed by atoms with Gasteiger partial charge in [0.05, 0.1) is 6.04 Å². The van der Waals surface area contributed by atoms with Crippen LogP contribution in [0.5, 0.6) is 0 Å². The van der Waals surface area contributed by atoms with Crippen LogP contribution in [0.25, 0.3) is 0 Å². The first-order valence-electron chi connectivity index (χ1n) is 9.10. The second kappa shape index (κ2) is 9.02. The highest BCUT2D eigenvalue weighted by Crippen LogP contribution is 2.25. The van der Waals surface area contributed by atoms with E-state index in [0.717, 1.165) is 18.8 Å². The van der Waals surface area contributed by atoms with Gasteiger partial charge in [-0.1, -0.05) is 30.5 Å². The quantitative estimate of drug-likeness (QED) is 0.807. The highest BCUT2D eigenvalue weighted by atomic mass is 32.1. The minimum Gasteiger partial charge on any atom is -0.336 e. The Bertz CT molecular complexity index is 646. The van der Waals surface area contributed by atoms with Crippen molar-refractivity contribution in [2.24, 2.45) is 0 Å². The van der Waals surface area contributed by atoms with Gasteiger partial charge in [-0.3, -0.25) is 4.90 Å². The van der Waals surface area contributed by atoms with Crippen molar-refractivity contribution in [1.29, 1.82) is 0 Å². The van der Waals surface area contributed by atoms with E-state index in [-0.39, 0.29) is 12.1 Å².